The molecule has 2 rings (SSSR count). The van der Waals surface area contributed by atoms with Crippen molar-refractivity contribution in [2.75, 3.05) is 6.54 Å². The monoisotopic (exact) mass is 475 g/mol. The fourth-order valence-corrected chi connectivity index (χ4v) is 3.80. The third-order valence-electron chi connectivity index (χ3n) is 5.57. The predicted molar refractivity (Wildman–Crippen MR) is 130 cm³/mol. The van der Waals surface area contributed by atoms with Crippen LogP contribution in [0.3, 0.4) is 0 Å². The maximum absolute atomic E-state index is 10.4. The summed E-state index contributed by atoms with van der Waals surface area (Å²) in [4.78, 5) is 22.1. The highest BCUT2D eigenvalue weighted by Gasteiger charge is 2.29. The molecule has 3 atom stereocenters. The van der Waals surface area contributed by atoms with Crippen LogP contribution in [-0.2, 0) is 9.59 Å². The van der Waals surface area contributed by atoms with Crippen molar-refractivity contribution in [3.05, 3.63) is 65.2 Å². The second-order valence-corrected chi connectivity index (χ2v) is 8.81. The van der Waals surface area contributed by atoms with Crippen molar-refractivity contribution in [3.8, 4) is 5.75 Å². The second-order valence-electron chi connectivity index (χ2n) is 8.81. The fraction of sp³-hybridized carbons (Fsp3) is 0.462. The van der Waals surface area contributed by atoms with E-state index in [1.165, 1.54) is 11.1 Å². The molecule has 5 N–H and O–H groups in total. The lowest BCUT2D eigenvalue weighted by atomic mass is 9.87. The Hall–Kier alpha value is -2.94. The Morgan fingerprint density at radius 1 is 0.853 bits per heavy atom. The molecular formula is C26H37NO7. The van der Waals surface area contributed by atoms with Gasteiger partial charge in [0, 0.05) is 23.6 Å². The summed E-state index contributed by atoms with van der Waals surface area (Å²) in [6, 6.07) is 17.5. The predicted octanol–water partition coefficient (Wildman–Crippen LogP) is 3.22. The number of aliphatic carboxylic acids is 2. The lowest BCUT2D eigenvalue weighted by Gasteiger charge is -2.32. The summed E-state index contributed by atoms with van der Waals surface area (Å²) in [5.74, 6) is -2.93. The van der Waals surface area contributed by atoms with E-state index in [1.54, 1.807) is 0 Å². The summed E-state index contributed by atoms with van der Waals surface area (Å²) in [5.41, 5.74) is 3.49. The minimum Gasteiger partial charge on any atom is -0.508 e. The highest BCUT2D eigenvalue weighted by Crippen LogP contribution is 2.35. The van der Waals surface area contributed by atoms with E-state index in [-0.39, 0.29) is 5.92 Å². The van der Waals surface area contributed by atoms with Gasteiger partial charge in [-0.25, -0.2) is 9.59 Å². The first-order chi connectivity index (χ1) is 15.9. The number of phenolic OH excluding ortho intramolecular Hbond substituents is 1. The van der Waals surface area contributed by atoms with Gasteiger partial charge in [-0.15, -0.1) is 0 Å². The molecule has 2 aromatic carbocycles. The van der Waals surface area contributed by atoms with Gasteiger partial charge in [0.15, 0.2) is 12.2 Å². The number of aliphatic hydroxyl groups is 2. The molecule has 8 nitrogen and oxygen atoms in total. The lowest BCUT2D eigenvalue weighted by Crippen LogP contribution is -2.39. The zero-order valence-electron chi connectivity index (χ0n) is 20.4. The van der Waals surface area contributed by atoms with Crippen LogP contribution in [0, 0.1) is 6.92 Å². The van der Waals surface area contributed by atoms with Gasteiger partial charge in [0.1, 0.15) is 5.75 Å². The van der Waals surface area contributed by atoms with E-state index >= 15 is 0 Å². The van der Waals surface area contributed by atoms with Crippen LogP contribution < -0.4 is 0 Å². The van der Waals surface area contributed by atoms with E-state index < -0.39 is 24.1 Å². The molecule has 0 aliphatic carbocycles. The molecule has 0 spiro atoms. The smallest absolute Gasteiger partial charge is 0.335 e. The summed E-state index contributed by atoms with van der Waals surface area (Å²) in [5, 5.41) is 43.0. The molecule has 0 aliphatic rings. The first kappa shape index (κ1) is 29.1. The van der Waals surface area contributed by atoms with E-state index in [2.05, 4.69) is 69.9 Å². The van der Waals surface area contributed by atoms with E-state index in [0.717, 1.165) is 18.5 Å². The van der Waals surface area contributed by atoms with Gasteiger partial charge in [-0.05, 0) is 59.2 Å². The Kier molecular flexibility index (Phi) is 11.7. The Balaban J connectivity index is 0.000000489. The van der Waals surface area contributed by atoms with Crippen molar-refractivity contribution >= 4 is 11.9 Å². The average Bonchev–Trinajstić information content (AvgIpc) is 2.78. The number of nitrogens with zero attached hydrogens (tertiary/aromatic N) is 1. The van der Waals surface area contributed by atoms with Crippen molar-refractivity contribution in [3.63, 3.8) is 0 Å². The summed E-state index contributed by atoms with van der Waals surface area (Å²) in [6.45, 7) is 12.1. The maximum atomic E-state index is 10.4. The van der Waals surface area contributed by atoms with E-state index in [4.69, 9.17) is 20.4 Å². The van der Waals surface area contributed by atoms with Crippen LogP contribution in [-0.4, -0.2) is 73.2 Å². The lowest BCUT2D eigenvalue weighted by molar-refractivity contribution is -0.165. The number of hydrogen-bond acceptors (Lipinski definition) is 6. The van der Waals surface area contributed by atoms with E-state index in [0.29, 0.717) is 17.8 Å². The standard InChI is InChI=1S/C22H31NO.C4H6O6/c1-16(2)23(17(3)4)14-13-20(19-9-7-6-8-10-19)21-15-18(5)11-12-22(21)24;5-1(3(7)8)2(6)4(9)10/h6-12,15-17,20,24H,13-14H2,1-5H3;1-2,5-6H,(H,7,8)(H,9,10)/t20-;1-,2+/m1./s1. The number of hydrogen-bond donors (Lipinski definition) is 5. The first-order valence-corrected chi connectivity index (χ1v) is 11.3. The van der Waals surface area contributed by atoms with Crippen molar-refractivity contribution in [2.45, 2.75) is 71.2 Å². The van der Waals surface area contributed by atoms with Crippen LogP contribution in [0.4, 0.5) is 0 Å². The zero-order chi connectivity index (χ0) is 26.0. The molecule has 188 valence electrons. The molecule has 2 aromatic rings. The Morgan fingerprint density at radius 2 is 1.35 bits per heavy atom. The third-order valence-corrected chi connectivity index (χ3v) is 5.57. The van der Waals surface area contributed by atoms with Crippen LogP contribution in [0.1, 0.15) is 56.7 Å². The van der Waals surface area contributed by atoms with Gasteiger partial charge in [0.2, 0.25) is 0 Å². The minimum atomic E-state index is -2.27. The van der Waals surface area contributed by atoms with E-state index in [1.807, 2.05) is 18.2 Å². The van der Waals surface area contributed by atoms with Gasteiger partial charge in [-0.2, -0.15) is 0 Å². The molecular weight excluding hydrogens is 438 g/mol. The van der Waals surface area contributed by atoms with Gasteiger partial charge >= 0.3 is 11.9 Å². The largest absolute Gasteiger partial charge is 0.508 e. The SMILES string of the molecule is Cc1ccc(O)c([C@H](CCN(C(C)C)C(C)C)c2ccccc2)c1.O=C(O)[C@@H](O)[C@@H](O)C(=O)O. The molecule has 0 radical (unpaired) electrons. The number of aliphatic hydroxyl groups excluding tert-OH is 2. The number of carboxylic acids is 2. The third kappa shape index (κ3) is 8.78. The number of aryl methyl sites for hydroxylation is 1. The number of phenols is 1. The number of aromatic hydroxyl groups is 1. The minimum absolute atomic E-state index is 0.214. The van der Waals surface area contributed by atoms with Crippen molar-refractivity contribution in [1.82, 2.24) is 4.90 Å². The van der Waals surface area contributed by atoms with Crippen molar-refractivity contribution in [1.29, 1.82) is 0 Å². The highest BCUT2D eigenvalue weighted by molar-refractivity contribution is 5.83. The highest BCUT2D eigenvalue weighted by atomic mass is 16.4. The molecule has 0 amide bonds. The topological polar surface area (TPSA) is 139 Å². The van der Waals surface area contributed by atoms with Gasteiger partial charge in [-0.1, -0.05) is 48.0 Å². The Bertz CT molecular complexity index is 889. The number of carboxylic acid groups (broad SMARTS) is 2. The fourth-order valence-electron chi connectivity index (χ4n) is 3.80. The molecule has 0 aliphatic heterocycles. The van der Waals surface area contributed by atoms with Crippen LogP contribution in [0.5, 0.6) is 5.75 Å². The number of carbonyl (C=O) groups is 2. The quantitative estimate of drug-likeness (QED) is 0.353. The molecule has 0 unspecified atom stereocenters. The van der Waals surface area contributed by atoms with Gasteiger partial charge in [-0.3, -0.25) is 4.90 Å². The van der Waals surface area contributed by atoms with Crippen molar-refractivity contribution < 1.29 is 35.1 Å². The van der Waals surface area contributed by atoms with Crippen LogP contribution >= 0.6 is 0 Å². The van der Waals surface area contributed by atoms with Gasteiger partial charge in [0.05, 0.1) is 0 Å². The first-order valence-electron chi connectivity index (χ1n) is 11.3. The molecule has 8 heteroatoms. The van der Waals surface area contributed by atoms with Crippen LogP contribution in [0.2, 0.25) is 0 Å². The van der Waals surface area contributed by atoms with Gasteiger partial charge in [0.25, 0.3) is 0 Å². The molecule has 34 heavy (non-hydrogen) atoms. The van der Waals surface area contributed by atoms with E-state index in [9.17, 15) is 14.7 Å². The average molecular weight is 476 g/mol. The normalized spacial score (nSPS) is 13.8. The van der Waals surface area contributed by atoms with Crippen molar-refractivity contribution in [2.24, 2.45) is 0 Å². The Morgan fingerprint density at radius 3 is 1.79 bits per heavy atom. The zero-order valence-corrected chi connectivity index (χ0v) is 20.4. The van der Waals surface area contributed by atoms with Crippen LogP contribution in [0.25, 0.3) is 0 Å². The summed E-state index contributed by atoms with van der Waals surface area (Å²) >= 11 is 0. The number of benzene rings is 2. The Labute approximate surface area is 201 Å². The number of rotatable bonds is 10. The molecule has 0 bridgehead atoms. The maximum Gasteiger partial charge on any atom is 0.335 e. The molecule has 0 saturated carbocycles. The summed E-state index contributed by atoms with van der Waals surface area (Å²) in [6.07, 6.45) is -3.54. The molecule has 0 fully saturated rings. The summed E-state index contributed by atoms with van der Waals surface area (Å²) in [7, 11) is 0. The summed E-state index contributed by atoms with van der Waals surface area (Å²) < 4.78 is 0. The van der Waals surface area contributed by atoms with Crippen LogP contribution in [0.15, 0.2) is 48.5 Å². The molecule has 0 saturated heterocycles. The second kappa shape index (κ2) is 13.7. The van der Waals surface area contributed by atoms with Gasteiger partial charge < -0.3 is 25.5 Å². The molecule has 0 heterocycles. The molecule has 0 aromatic heterocycles.